The number of benzene rings is 1. The van der Waals surface area contributed by atoms with Crippen LogP contribution in [-0.2, 0) is 4.79 Å². The number of nitrogens with zero attached hydrogens (tertiary/aromatic N) is 2. The van der Waals surface area contributed by atoms with Gasteiger partial charge < -0.3 is 10.6 Å². The van der Waals surface area contributed by atoms with Crippen LogP contribution in [0.3, 0.4) is 0 Å². The van der Waals surface area contributed by atoms with E-state index >= 15 is 0 Å². The molecule has 1 aromatic carbocycles. The summed E-state index contributed by atoms with van der Waals surface area (Å²) in [4.78, 5) is 11.7. The minimum atomic E-state index is 0.0418. The van der Waals surface area contributed by atoms with Crippen LogP contribution in [0.25, 0.3) is 0 Å². The summed E-state index contributed by atoms with van der Waals surface area (Å²) in [5.41, 5.74) is 2.26. The number of carbonyl (C=O) groups excluding carboxylic acids is 1. The lowest BCUT2D eigenvalue weighted by molar-refractivity contribution is -0.117. The first-order chi connectivity index (χ1) is 10.6. The molecular formula is C17H20N4O. The maximum absolute atomic E-state index is 11.7. The average molecular weight is 296 g/mol. The highest BCUT2D eigenvalue weighted by Crippen LogP contribution is 2.30. The second kappa shape index (κ2) is 6.13. The van der Waals surface area contributed by atoms with Crippen molar-refractivity contribution in [2.75, 3.05) is 10.6 Å². The molecule has 1 aromatic heterocycles. The second-order valence-electron chi connectivity index (χ2n) is 5.93. The predicted molar refractivity (Wildman–Crippen MR) is 87.2 cm³/mol. The fraction of sp³-hybridized carbons (Fsp3) is 0.353. The van der Waals surface area contributed by atoms with Crippen molar-refractivity contribution >= 4 is 23.2 Å². The van der Waals surface area contributed by atoms with Gasteiger partial charge in [-0.25, -0.2) is 0 Å². The summed E-state index contributed by atoms with van der Waals surface area (Å²) < 4.78 is 0. The third-order valence-corrected chi connectivity index (χ3v) is 3.71. The van der Waals surface area contributed by atoms with Gasteiger partial charge in [0, 0.05) is 11.6 Å². The Morgan fingerprint density at radius 3 is 2.41 bits per heavy atom. The molecule has 5 heteroatoms. The Kier molecular flexibility index (Phi) is 4.04. The summed E-state index contributed by atoms with van der Waals surface area (Å²) in [7, 11) is 0. The Labute approximate surface area is 130 Å². The second-order valence-corrected chi connectivity index (χ2v) is 5.93. The Balaban J connectivity index is 1.69. The zero-order chi connectivity index (χ0) is 15.5. The first kappa shape index (κ1) is 14.5. The monoisotopic (exact) mass is 296 g/mol. The number of para-hydroxylation sites is 1. The Morgan fingerprint density at radius 2 is 1.77 bits per heavy atom. The van der Waals surface area contributed by atoms with Gasteiger partial charge in [0.1, 0.15) is 0 Å². The highest BCUT2D eigenvalue weighted by molar-refractivity contribution is 5.93. The molecule has 1 saturated carbocycles. The summed E-state index contributed by atoms with van der Waals surface area (Å²) >= 11 is 0. The van der Waals surface area contributed by atoms with Crippen LogP contribution in [0.4, 0.5) is 17.3 Å². The van der Waals surface area contributed by atoms with Gasteiger partial charge in [-0.1, -0.05) is 32.0 Å². The van der Waals surface area contributed by atoms with Crippen molar-refractivity contribution in [2.45, 2.75) is 32.6 Å². The van der Waals surface area contributed by atoms with Crippen LogP contribution in [0.2, 0.25) is 0 Å². The van der Waals surface area contributed by atoms with E-state index in [1.54, 1.807) is 6.07 Å². The molecule has 1 aliphatic carbocycles. The van der Waals surface area contributed by atoms with Crippen molar-refractivity contribution in [1.82, 2.24) is 10.2 Å². The summed E-state index contributed by atoms with van der Waals surface area (Å²) in [6.07, 6.45) is 1.95. The average Bonchev–Trinajstić information content (AvgIpc) is 3.34. The number of nitrogens with one attached hydrogen (secondary N) is 2. The molecule has 2 N–H and O–H groups in total. The number of rotatable bonds is 5. The topological polar surface area (TPSA) is 66.9 Å². The molecule has 0 bridgehead atoms. The Bertz CT molecular complexity index is 663. The fourth-order valence-electron chi connectivity index (χ4n) is 2.29. The number of hydrogen-bond acceptors (Lipinski definition) is 4. The lowest BCUT2D eigenvalue weighted by atomic mass is 10.0. The zero-order valence-electron chi connectivity index (χ0n) is 12.8. The van der Waals surface area contributed by atoms with Crippen molar-refractivity contribution in [1.29, 1.82) is 0 Å². The molecule has 0 spiro atoms. The van der Waals surface area contributed by atoms with Gasteiger partial charge in [-0.15, -0.1) is 10.2 Å². The van der Waals surface area contributed by atoms with Gasteiger partial charge in [-0.3, -0.25) is 4.79 Å². The minimum Gasteiger partial charge on any atom is -0.338 e. The van der Waals surface area contributed by atoms with Gasteiger partial charge in [-0.05, 0) is 42.5 Å². The fourth-order valence-corrected chi connectivity index (χ4v) is 2.29. The molecular weight excluding hydrogens is 276 g/mol. The third-order valence-electron chi connectivity index (χ3n) is 3.71. The molecule has 1 heterocycles. The minimum absolute atomic E-state index is 0.0418. The zero-order valence-corrected chi connectivity index (χ0v) is 12.8. The summed E-state index contributed by atoms with van der Waals surface area (Å²) in [5.74, 6) is 1.79. The van der Waals surface area contributed by atoms with E-state index in [4.69, 9.17) is 0 Å². The molecule has 2 aromatic rings. The Hall–Kier alpha value is -2.43. The molecule has 0 saturated heterocycles. The van der Waals surface area contributed by atoms with E-state index in [-0.39, 0.29) is 11.8 Å². The lowest BCUT2D eigenvalue weighted by Gasteiger charge is -2.13. The number of anilines is 3. The van der Waals surface area contributed by atoms with Gasteiger partial charge >= 0.3 is 0 Å². The van der Waals surface area contributed by atoms with E-state index in [2.05, 4.69) is 40.7 Å². The van der Waals surface area contributed by atoms with E-state index in [9.17, 15) is 4.79 Å². The van der Waals surface area contributed by atoms with Crippen molar-refractivity contribution in [3.63, 3.8) is 0 Å². The molecule has 0 aliphatic heterocycles. The first-order valence-corrected chi connectivity index (χ1v) is 7.64. The molecule has 5 nitrogen and oxygen atoms in total. The van der Waals surface area contributed by atoms with Crippen LogP contribution in [0, 0.1) is 5.92 Å². The van der Waals surface area contributed by atoms with Gasteiger partial charge in [0.2, 0.25) is 5.91 Å². The normalized spacial score (nSPS) is 14.0. The quantitative estimate of drug-likeness (QED) is 0.883. The van der Waals surface area contributed by atoms with E-state index in [0.717, 1.165) is 18.5 Å². The summed E-state index contributed by atoms with van der Waals surface area (Å²) in [6.45, 7) is 4.31. The van der Waals surface area contributed by atoms with E-state index in [0.29, 0.717) is 17.6 Å². The van der Waals surface area contributed by atoms with Gasteiger partial charge in [0.25, 0.3) is 0 Å². The molecule has 0 unspecified atom stereocenters. The van der Waals surface area contributed by atoms with Crippen LogP contribution >= 0.6 is 0 Å². The van der Waals surface area contributed by atoms with Crippen LogP contribution < -0.4 is 10.6 Å². The van der Waals surface area contributed by atoms with Crippen molar-refractivity contribution in [3.8, 4) is 0 Å². The smallest absolute Gasteiger partial charge is 0.228 e. The van der Waals surface area contributed by atoms with Gasteiger partial charge in [0.15, 0.2) is 11.6 Å². The van der Waals surface area contributed by atoms with Crippen molar-refractivity contribution in [2.24, 2.45) is 5.92 Å². The maximum Gasteiger partial charge on any atom is 0.228 e. The predicted octanol–water partition coefficient (Wildman–Crippen LogP) is 3.69. The molecule has 1 fully saturated rings. The molecule has 0 radical (unpaired) electrons. The highest BCUT2D eigenvalue weighted by atomic mass is 16.2. The van der Waals surface area contributed by atoms with Gasteiger partial charge in [-0.2, -0.15) is 0 Å². The van der Waals surface area contributed by atoms with E-state index < -0.39 is 0 Å². The van der Waals surface area contributed by atoms with Gasteiger partial charge in [0.05, 0.1) is 0 Å². The van der Waals surface area contributed by atoms with Crippen LogP contribution in [-0.4, -0.2) is 16.1 Å². The van der Waals surface area contributed by atoms with Crippen molar-refractivity contribution in [3.05, 3.63) is 42.0 Å². The van der Waals surface area contributed by atoms with Crippen LogP contribution in [0.15, 0.2) is 36.4 Å². The lowest BCUT2D eigenvalue weighted by Crippen LogP contribution is -2.14. The first-order valence-electron chi connectivity index (χ1n) is 7.64. The maximum atomic E-state index is 11.7. The summed E-state index contributed by atoms with van der Waals surface area (Å²) in [6, 6.07) is 11.7. The standard InChI is InChI=1S/C17H20N4O/c1-11(2)13-5-3-4-6-14(13)18-15-9-10-16(21-20-15)19-17(22)12-7-8-12/h3-6,9-12H,7-8H2,1-2H3,(H,18,20)(H,19,21,22). The number of carbonyl (C=O) groups is 1. The molecule has 0 atom stereocenters. The van der Waals surface area contributed by atoms with Crippen molar-refractivity contribution < 1.29 is 4.79 Å². The number of aromatic nitrogens is 2. The highest BCUT2D eigenvalue weighted by Gasteiger charge is 2.29. The van der Waals surface area contributed by atoms with E-state index in [1.165, 1.54) is 5.56 Å². The molecule has 3 rings (SSSR count). The molecule has 114 valence electrons. The number of hydrogen-bond donors (Lipinski definition) is 2. The molecule has 1 amide bonds. The number of amides is 1. The van der Waals surface area contributed by atoms with E-state index in [1.807, 2.05) is 24.3 Å². The largest absolute Gasteiger partial charge is 0.338 e. The van der Waals surface area contributed by atoms with Crippen LogP contribution in [0.5, 0.6) is 0 Å². The van der Waals surface area contributed by atoms with Crippen LogP contribution in [0.1, 0.15) is 38.2 Å². The third kappa shape index (κ3) is 3.42. The summed E-state index contributed by atoms with van der Waals surface area (Å²) in [5, 5.41) is 14.3. The Morgan fingerprint density at radius 1 is 1.09 bits per heavy atom. The molecule has 1 aliphatic rings. The SMILES string of the molecule is CC(C)c1ccccc1Nc1ccc(NC(=O)C2CC2)nn1. The molecule has 22 heavy (non-hydrogen) atoms.